The molecule has 0 aliphatic rings. The van der Waals surface area contributed by atoms with E-state index in [1.807, 2.05) is 13.8 Å². The first-order valence-corrected chi connectivity index (χ1v) is 7.32. The van der Waals surface area contributed by atoms with Crippen LogP contribution in [-0.4, -0.2) is 27.1 Å². The van der Waals surface area contributed by atoms with Gasteiger partial charge in [0, 0.05) is 24.7 Å². The maximum Gasteiger partial charge on any atom is 0.244 e. The van der Waals surface area contributed by atoms with Crippen molar-refractivity contribution < 1.29 is 9.18 Å². The summed E-state index contributed by atoms with van der Waals surface area (Å²) < 4.78 is 15.2. The number of hydrogen-bond acceptors (Lipinski definition) is 3. The van der Waals surface area contributed by atoms with Crippen molar-refractivity contribution in [3.8, 4) is 0 Å². The number of carbonyl (C=O) groups is 1. The molecule has 2 rings (SSSR count). The standard InChI is InChI=1S/C16H21FN4O/c1-3-8-20(10-13-6-4-5-7-14(13)17)16(22)11-21-15(18)9-12(2)19-21/h4-7,9H,3,8,10-11,18H2,1-2H3. The van der Waals surface area contributed by atoms with Crippen LogP contribution in [0.15, 0.2) is 30.3 Å². The van der Waals surface area contributed by atoms with Gasteiger partial charge in [-0.25, -0.2) is 9.07 Å². The Hall–Kier alpha value is -2.37. The van der Waals surface area contributed by atoms with Gasteiger partial charge in [-0.2, -0.15) is 5.10 Å². The first-order valence-electron chi connectivity index (χ1n) is 7.32. The van der Waals surface area contributed by atoms with Crippen LogP contribution < -0.4 is 5.73 Å². The van der Waals surface area contributed by atoms with E-state index in [1.165, 1.54) is 10.7 Å². The summed E-state index contributed by atoms with van der Waals surface area (Å²) in [6, 6.07) is 8.21. The zero-order valence-corrected chi connectivity index (χ0v) is 12.9. The van der Waals surface area contributed by atoms with Gasteiger partial charge in [0.15, 0.2) is 0 Å². The number of rotatable bonds is 6. The number of aromatic nitrogens is 2. The van der Waals surface area contributed by atoms with Crippen LogP contribution in [0.25, 0.3) is 0 Å². The quantitative estimate of drug-likeness (QED) is 0.891. The van der Waals surface area contributed by atoms with Crippen LogP contribution in [0.3, 0.4) is 0 Å². The van der Waals surface area contributed by atoms with Crippen molar-refractivity contribution in [3.63, 3.8) is 0 Å². The maximum atomic E-state index is 13.8. The smallest absolute Gasteiger partial charge is 0.244 e. The lowest BCUT2D eigenvalue weighted by Gasteiger charge is -2.22. The van der Waals surface area contributed by atoms with E-state index in [0.717, 1.165) is 12.1 Å². The molecule has 2 N–H and O–H groups in total. The highest BCUT2D eigenvalue weighted by molar-refractivity contribution is 5.76. The zero-order valence-electron chi connectivity index (χ0n) is 12.9. The highest BCUT2D eigenvalue weighted by Crippen LogP contribution is 2.12. The molecule has 1 aromatic heterocycles. The molecule has 0 radical (unpaired) electrons. The average Bonchev–Trinajstić information content (AvgIpc) is 2.78. The fourth-order valence-corrected chi connectivity index (χ4v) is 2.31. The Morgan fingerprint density at radius 1 is 1.41 bits per heavy atom. The summed E-state index contributed by atoms with van der Waals surface area (Å²) in [6.45, 7) is 4.68. The number of nitrogen functional groups attached to an aromatic ring is 1. The highest BCUT2D eigenvalue weighted by atomic mass is 19.1. The number of nitrogens with zero attached hydrogens (tertiary/aromatic N) is 3. The number of nitrogens with two attached hydrogens (primary N) is 1. The lowest BCUT2D eigenvalue weighted by Crippen LogP contribution is -2.34. The molecule has 5 nitrogen and oxygen atoms in total. The molecule has 0 aliphatic heterocycles. The molecule has 0 atom stereocenters. The minimum Gasteiger partial charge on any atom is -0.384 e. The van der Waals surface area contributed by atoms with Crippen molar-refractivity contribution in [1.29, 1.82) is 0 Å². The summed E-state index contributed by atoms with van der Waals surface area (Å²) in [5, 5.41) is 4.19. The Morgan fingerprint density at radius 3 is 2.73 bits per heavy atom. The van der Waals surface area contributed by atoms with E-state index in [0.29, 0.717) is 17.9 Å². The summed E-state index contributed by atoms with van der Waals surface area (Å²) in [4.78, 5) is 14.1. The van der Waals surface area contributed by atoms with Crippen LogP contribution >= 0.6 is 0 Å². The van der Waals surface area contributed by atoms with Gasteiger partial charge in [-0.1, -0.05) is 25.1 Å². The van der Waals surface area contributed by atoms with Gasteiger partial charge in [-0.3, -0.25) is 4.79 Å². The Kier molecular flexibility index (Phi) is 5.14. The second kappa shape index (κ2) is 7.06. The summed E-state index contributed by atoms with van der Waals surface area (Å²) in [6.07, 6.45) is 0.799. The third kappa shape index (κ3) is 3.84. The molecular weight excluding hydrogens is 283 g/mol. The summed E-state index contributed by atoms with van der Waals surface area (Å²) in [7, 11) is 0. The van der Waals surface area contributed by atoms with Crippen LogP contribution in [0.5, 0.6) is 0 Å². The third-order valence-corrected chi connectivity index (χ3v) is 3.38. The molecule has 0 unspecified atom stereocenters. The fraction of sp³-hybridized carbons (Fsp3) is 0.375. The monoisotopic (exact) mass is 304 g/mol. The van der Waals surface area contributed by atoms with Gasteiger partial charge in [0.25, 0.3) is 0 Å². The van der Waals surface area contributed by atoms with Gasteiger partial charge in [0.1, 0.15) is 18.2 Å². The second-order valence-electron chi connectivity index (χ2n) is 5.27. The Morgan fingerprint density at radius 2 is 2.14 bits per heavy atom. The van der Waals surface area contributed by atoms with E-state index >= 15 is 0 Å². The van der Waals surface area contributed by atoms with Crippen LogP contribution in [0, 0.1) is 12.7 Å². The maximum absolute atomic E-state index is 13.8. The SMILES string of the molecule is CCCN(Cc1ccccc1F)C(=O)Cn1nc(C)cc1N. The minimum absolute atomic E-state index is 0.0636. The average molecular weight is 304 g/mol. The van der Waals surface area contributed by atoms with Crippen molar-refractivity contribution in [2.45, 2.75) is 33.4 Å². The second-order valence-corrected chi connectivity index (χ2v) is 5.27. The molecule has 0 spiro atoms. The number of halogens is 1. The highest BCUT2D eigenvalue weighted by Gasteiger charge is 2.17. The molecule has 1 heterocycles. The molecule has 2 aromatic rings. The van der Waals surface area contributed by atoms with E-state index in [2.05, 4.69) is 5.10 Å². The topological polar surface area (TPSA) is 64.2 Å². The number of carbonyl (C=O) groups excluding carboxylic acids is 1. The lowest BCUT2D eigenvalue weighted by molar-refractivity contribution is -0.132. The number of aryl methyl sites for hydroxylation is 1. The van der Waals surface area contributed by atoms with Crippen molar-refractivity contribution >= 4 is 11.7 Å². The molecule has 22 heavy (non-hydrogen) atoms. The number of benzene rings is 1. The molecule has 0 saturated carbocycles. The van der Waals surface area contributed by atoms with Crippen LogP contribution in [-0.2, 0) is 17.9 Å². The molecule has 0 bridgehead atoms. The number of hydrogen-bond donors (Lipinski definition) is 1. The Balaban J connectivity index is 2.11. The fourth-order valence-electron chi connectivity index (χ4n) is 2.31. The van der Waals surface area contributed by atoms with E-state index in [9.17, 15) is 9.18 Å². The summed E-state index contributed by atoms with van der Waals surface area (Å²) in [5.41, 5.74) is 7.08. The summed E-state index contributed by atoms with van der Waals surface area (Å²) in [5.74, 6) is 0.0268. The van der Waals surface area contributed by atoms with Gasteiger partial charge in [0.2, 0.25) is 5.91 Å². The molecule has 1 amide bonds. The Labute approximate surface area is 129 Å². The van der Waals surface area contributed by atoms with Gasteiger partial charge in [0.05, 0.1) is 5.69 Å². The van der Waals surface area contributed by atoms with Gasteiger partial charge >= 0.3 is 0 Å². The number of amides is 1. The number of anilines is 1. The first-order chi connectivity index (χ1) is 10.5. The van der Waals surface area contributed by atoms with E-state index in [1.54, 1.807) is 29.2 Å². The lowest BCUT2D eigenvalue weighted by atomic mass is 10.2. The minimum atomic E-state index is -0.300. The molecule has 118 valence electrons. The van der Waals surface area contributed by atoms with E-state index in [-0.39, 0.29) is 24.8 Å². The van der Waals surface area contributed by atoms with Crippen LogP contribution in [0.4, 0.5) is 10.2 Å². The van der Waals surface area contributed by atoms with Crippen molar-refractivity contribution in [2.75, 3.05) is 12.3 Å². The summed E-state index contributed by atoms with van der Waals surface area (Å²) >= 11 is 0. The predicted molar refractivity (Wildman–Crippen MR) is 83.5 cm³/mol. The largest absolute Gasteiger partial charge is 0.384 e. The third-order valence-electron chi connectivity index (χ3n) is 3.38. The molecule has 6 heteroatoms. The van der Waals surface area contributed by atoms with Gasteiger partial charge in [-0.05, 0) is 19.4 Å². The Bertz CT molecular complexity index is 653. The van der Waals surface area contributed by atoms with Gasteiger partial charge < -0.3 is 10.6 Å². The van der Waals surface area contributed by atoms with E-state index in [4.69, 9.17) is 5.73 Å². The van der Waals surface area contributed by atoms with Crippen molar-refractivity contribution in [1.82, 2.24) is 14.7 Å². The molecule has 0 fully saturated rings. The van der Waals surface area contributed by atoms with Crippen molar-refractivity contribution in [3.05, 3.63) is 47.4 Å². The van der Waals surface area contributed by atoms with Crippen LogP contribution in [0.2, 0.25) is 0 Å². The van der Waals surface area contributed by atoms with E-state index < -0.39 is 0 Å². The normalized spacial score (nSPS) is 10.7. The van der Waals surface area contributed by atoms with Crippen LogP contribution in [0.1, 0.15) is 24.6 Å². The first kappa shape index (κ1) is 16.0. The zero-order chi connectivity index (χ0) is 16.1. The van der Waals surface area contributed by atoms with Gasteiger partial charge in [-0.15, -0.1) is 0 Å². The molecule has 0 saturated heterocycles. The molecule has 0 aliphatic carbocycles. The van der Waals surface area contributed by atoms with Crippen molar-refractivity contribution in [2.24, 2.45) is 0 Å². The predicted octanol–water partition coefficient (Wildman–Crippen LogP) is 2.35. The molecule has 1 aromatic carbocycles. The molecular formula is C16H21FN4O.